The van der Waals surface area contributed by atoms with Crippen LogP contribution in [0.25, 0.3) is 0 Å². The maximum absolute atomic E-state index is 11.5. The second-order valence-corrected chi connectivity index (χ2v) is 3.44. The van der Waals surface area contributed by atoms with Gasteiger partial charge in [-0.25, -0.2) is 4.79 Å². The number of rotatable bonds is 7. The van der Waals surface area contributed by atoms with E-state index >= 15 is 0 Å². The zero-order valence-corrected chi connectivity index (χ0v) is 9.62. The van der Waals surface area contributed by atoms with Gasteiger partial charge in [-0.2, -0.15) is 0 Å². The first kappa shape index (κ1) is 13.9. The fourth-order valence-electron chi connectivity index (χ4n) is 1.28. The highest BCUT2D eigenvalue weighted by molar-refractivity contribution is 5.84. The van der Waals surface area contributed by atoms with Crippen LogP contribution in [-0.4, -0.2) is 48.1 Å². The maximum Gasteiger partial charge on any atom is 0.326 e. The number of hydrogen-bond donors (Lipinski definition) is 2. The SMILES string of the molecule is CCCNCC(=O)N(C)C(CC)C(=O)O. The van der Waals surface area contributed by atoms with E-state index in [1.807, 2.05) is 6.92 Å². The standard InChI is InChI=1S/C10H20N2O3/c1-4-6-11-7-9(13)12(3)8(5-2)10(14)15/h8,11H,4-7H2,1-3H3,(H,14,15). The molecule has 2 N–H and O–H groups in total. The molecule has 1 atom stereocenters. The fourth-order valence-corrected chi connectivity index (χ4v) is 1.28. The first-order chi connectivity index (χ1) is 7.04. The van der Waals surface area contributed by atoms with Gasteiger partial charge in [0, 0.05) is 7.05 Å². The lowest BCUT2D eigenvalue weighted by Gasteiger charge is -2.23. The van der Waals surface area contributed by atoms with E-state index in [2.05, 4.69) is 5.32 Å². The molecule has 0 aromatic heterocycles. The molecule has 0 aliphatic carbocycles. The summed E-state index contributed by atoms with van der Waals surface area (Å²) in [5, 5.41) is 11.8. The molecule has 0 heterocycles. The smallest absolute Gasteiger partial charge is 0.326 e. The van der Waals surface area contributed by atoms with Crippen molar-refractivity contribution in [3.63, 3.8) is 0 Å². The molecule has 1 amide bonds. The lowest BCUT2D eigenvalue weighted by molar-refractivity contribution is -0.148. The summed E-state index contributed by atoms with van der Waals surface area (Å²) < 4.78 is 0. The minimum atomic E-state index is -0.955. The molecule has 0 fully saturated rings. The third-order valence-corrected chi connectivity index (χ3v) is 2.24. The number of amides is 1. The Balaban J connectivity index is 4.10. The lowest BCUT2D eigenvalue weighted by Crippen LogP contribution is -2.45. The molecular weight excluding hydrogens is 196 g/mol. The molecule has 0 saturated heterocycles. The van der Waals surface area contributed by atoms with E-state index in [1.54, 1.807) is 6.92 Å². The Labute approximate surface area is 90.5 Å². The number of hydrogen-bond acceptors (Lipinski definition) is 3. The Bertz CT molecular complexity index is 219. The van der Waals surface area contributed by atoms with Crippen molar-refractivity contribution >= 4 is 11.9 Å². The van der Waals surface area contributed by atoms with Gasteiger partial charge in [0.1, 0.15) is 6.04 Å². The predicted molar refractivity (Wildman–Crippen MR) is 57.6 cm³/mol. The Morgan fingerprint density at radius 2 is 2.00 bits per heavy atom. The van der Waals surface area contributed by atoms with Gasteiger partial charge in [0.15, 0.2) is 0 Å². The summed E-state index contributed by atoms with van der Waals surface area (Å²) in [4.78, 5) is 23.6. The van der Waals surface area contributed by atoms with Gasteiger partial charge >= 0.3 is 5.97 Å². The topological polar surface area (TPSA) is 69.6 Å². The molecule has 15 heavy (non-hydrogen) atoms. The Hall–Kier alpha value is -1.10. The van der Waals surface area contributed by atoms with E-state index in [-0.39, 0.29) is 12.5 Å². The number of carbonyl (C=O) groups excluding carboxylic acids is 1. The zero-order valence-electron chi connectivity index (χ0n) is 9.62. The Morgan fingerprint density at radius 3 is 2.40 bits per heavy atom. The van der Waals surface area contributed by atoms with Gasteiger partial charge in [0.25, 0.3) is 0 Å². The van der Waals surface area contributed by atoms with Crippen molar-refractivity contribution < 1.29 is 14.7 Å². The van der Waals surface area contributed by atoms with Gasteiger partial charge in [0.2, 0.25) is 5.91 Å². The second kappa shape index (κ2) is 7.23. The molecule has 0 spiro atoms. The molecule has 0 aromatic rings. The lowest BCUT2D eigenvalue weighted by atomic mass is 10.2. The van der Waals surface area contributed by atoms with E-state index < -0.39 is 12.0 Å². The van der Waals surface area contributed by atoms with Gasteiger partial charge in [0.05, 0.1) is 6.54 Å². The summed E-state index contributed by atoms with van der Waals surface area (Å²) in [7, 11) is 1.53. The summed E-state index contributed by atoms with van der Waals surface area (Å²) in [5.41, 5.74) is 0. The van der Waals surface area contributed by atoms with E-state index in [0.29, 0.717) is 6.42 Å². The van der Waals surface area contributed by atoms with Crippen molar-refractivity contribution in [3.8, 4) is 0 Å². The van der Waals surface area contributed by atoms with E-state index in [0.717, 1.165) is 13.0 Å². The molecule has 1 unspecified atom stereocenters. The van der Waals surface area contributed by atoms with Crippen LogP contribution in [0.3, 0.4) is 0 Å². The number of carbonyl (C=O) groups is 2. The molecule has 0 bridgehead atoms. The second-order valence-electron chi connectivity index (χ2n) is 3.44. The molecule has 5 nitrogen and oxygen atoms in total. The number of nitrogens with zero attached hydrogens (tertiary/aromatic N) is 1. The highest BCUT2D eigenvalue weighted by atomic mass is 16.4. The van der Waals surface area contributed by atoms with Crippen LogP contribution < -0.4 is 5.32 Å². The Morgan fingerprint density at radius 1 is 1.40 bits per heavy atom. The molecule has 0 radical (unpaired) electrons. The monoisotopic (exact) mass is 216 g/mol. The number of likely N-dealkylation sites (N-methyl/N-ethyl adjacent to an activating group) is 1. The van der Waals surface area contributed by atoms with E-state index in [4.69, 9.17) is 5.11 Å². The van der Waals surface area contributed by atoms with Gasteiger partial charge < -0.3 is 15.3 Å². The van der Waals surface area contributed by atoms with Gasteiger partial charge in [-0.1, -0.05) is 13.8 Å². The first-order valence-corrected chi connectivity index (χ1v) is 5.23. The number of carboxylic acids is 1. The average Bonchev–Trinajstić information content (AvgIpc) is 2.18. The van der Waals surface area contributed by atoms with Crippen LogP contribution in [0.2, 0.25) is 0 Å². The number of nitrogens with one attached hydrogen (secondary N) is 1. The molecule has 0 aliphatic rings. The van der Waals surface area contributed by atoms with E-state index in [1.165, 1.54) is 11.9 Å². The fraction of sp³-hybridized carbons (Fsp3) is 0.800. The van der Waals surface area contributed by atoms with Crippen molar-refractivity contribution in [2.24, 2.45) is 0 Å². The molecule has 5 heteroatoms. The van der Waals surface area contributed by atoms with Crippen molar-refractivity contribution in [1.29, 1.82) is 0 Å². The van der Waals surface area contributed by atoms with Gasteiger partial charge in [-0.05, 0) is 19.4 Å². The van der Waals surface area contributed by atoms with Crippen LogP contribution in [0, 0.1) is 0 Å². The summed E-state index contributed by atoms with van der Waals surface area (Å²) in [6.45, 7) is 4.73. The maximum atomic E-state index is 11.5. The minimum Gasteiger partial charge on any atom is -0.480 e. The van der Waals surface area contributed by atoms with Crippen molar-refractivity contribution in [1.82, 2.24) is 10.2 Å². The zero-order chi connectivity index (χ0) is 11.8. The molecule has 0 aromatic carbocycles. The van der Waals surface area contributed by atoms with Crippen LogP contribution >= 0.6 is 0 Å². The van der Waals surface area contributed by atoms with Crippen molar-refractivity contribution in [2.75, 3.05) is 20.1 Å². The molecule has 0 rings (SSSR count). The van der Waals surface area contributed by atoms with E-state index in [9.17, 15) is 9.59 Å². The third-order valence-electron chi connectivity index (χ3n) is 2.24. The van der Waals surface area contributed by atoms with Crippen LogP contribution in [0.5, 0.6) is 0 Å². The van der Waals surface area contributed by atoms with Crippen LogP contribution in [-0.2, 0) is 9.59 Å². The number of aliphatic carboxylic acids is 1. The van der Waals surface area contributed by atoms with Crippen LogP contribution in [0.4, 0.5) is 0 Å². The van der Waals surface area contributed by atoms with Crippen molar-refractivity contribution in [2.45, 2.75) is 32.7 Å². The largest absolute Gasteiger partial charge is 0.480 e. The predicted octanol–water partition coefficient (Wildman–Crippen LogP) is 0.308. The average molecular weight is 216 g/mol. The third kappa shape index (κ3) is 4.78. The number of carboxylic acid groups (broad SMARTS) is 1. The normalized spacial score (nSPS) is 12.2. The highest BCUT2D eigenvalue weighted by Gasteiger charge is 2.23. The highest BCUT2D eigenvalue weighted by Crippen LogP contribution is 2.01. The molecule has 0 aliphatic heterocycles. The van der Waals surface area contributed by atoms with Crippen molar-refractivity contribution in [3.05, 3.63) is 0 Å². The van der Waals surface area contributed by atoms with Crippen LogP contribution in [0.15, 0.2) is 0 Å². The first-order valence-electron chi connectivity index (χ1n) is 5.23. The minimum absolute atomic E-state index is 0.183. The summed E-state index contributed by atoms with van der Waals surface area (Å²) >= 11 is 0. The van der Waals surface area contributed by atoms with Gasteiger partial charge in [-0.3, -0.25) is 4.79 Å². The summed E-state index contributed by atoms with van der Waals surface area (Å²) in [5.74, 6) is -1.14. The molecule has 88 valence electrons. The summed E-state index contributed by atoms with van der Waals surface area (Å²) in [6, 6.07) is -0.721. The molecular formula is C10H20N2O3. The summed E-state index contributed by atoms with van der Waals surface area (Å²) in [6.07, 6.45) is 1.37. The Kier molecular flexibility index (Phi) is 6.70. The molecule has 0 saturated carbocycles. The van der Waals surface area contributed by atoms with Gasteiger partial charge in [-0.15, -0.1) is 0 Å². The van der Waals surface area contributed by atoms with Crippen LogP contribution in [0.1, 0.15) is 26.7 Å². The quantitative estimate of drug-likeness (QED) is 0.601.